The predicted molar refractivity (Wildman–Crippen MR) is 93.3 cm³/mol. The van der Waals surface area contributed by atoms with E-state index in [0.29, 0.717) is 29.4 Å². The summed E-state index contributed by atoms with van der Waals surface area (Å²) in [4.78, 5) is 14.8. The fourth-order valence-corrected chi connectivity index (χ4v) is 3.00. The van der Waals surface area contributed by atoms with Gasteiger partial charge in [0.05, 0.1) is 21.3 Å². The molecule has 0 unspecified atom stereocenters. The van der Waals surface area contributed by atoms with E-state index in [2.05, 4.69) is 10.2 Å². The molecule has 1 aliphatic heterocycles. The number of amides is 1. The van der Waals surface area contributed by atoms with E-state index in [-0.39, 0.29) is 5.91 Å². The van der Waals surface area contributed by atoms with E-state index in [4.69, 9.17) is 14.2 Å². The lowest BCUT2D eigenvalue weighted by Crippen LogP contribution is -2.35. The number of hydrogen-bond donors (Lipinski definition) is 1. The maximum Gasteiger partial charge on any atom is 0.251 e. The van der Waals surface area contributed by atoms with Gasteiger partial charge in [-0.15, -0.1) is 0 Å². The first kappa shape index (κ1) is 18.4. The summed E-state index contributed by atoms with van der Waals surface area (Å²) in [6, 6.07) is 3.34. The van der Waals surface area contributed by atoms with Crippen LogP contribution >= 0.6 is 0 Å². The topological polar surface area (TPSA) is 60.0 Å². The smallest absolute Gasteiger partial charge is 0.251 e. The number of methoxy groups -OCH3 is 3. The standard InChI is InChI=1S/C18H28N2O4/c1-22-15-12-14(13-16(23-2)17(15)24-3)18(21)19-8-11-20-9-6-4-5-7-10-20/h12-13H,4-11H2,1-3H3,(H,19,21). The number of ether oxygens (including phenoxy) is 3. The van der Waals surface area contributed by atoms with Gasteiger partial charge in [-0.2, -0.15) is 0 Å². The highest BCUT2D eigenvalue weighted by Crippen LogP contribution is 2.38. The van der Waals surface area contributed by atoms with Gasteiger partial charge in [0.15, 0.2) is 11.5 Å². The summed E-state index contributed by atoms with van der Waals surface area (Å²) in [5.74, 6) is 1.31. The van der Waals surface area contributed by atoms with E-state index in [1.807, 2.05) is 0 Å². The zero-order valence-electron chi connectivity index (χ0n) is 14.9. The van der Waals surface area contributed by atoms with Crippen LogP contribution in [0.2, 0.25) is 0 Å². The number of hydrogen-bond acceptors (Lipinski definition) is 5. The fourth-order valence-electron chi connectivity index (χ4n) is 3.00. The molecule has 2 rings (SSSR count). The molecule has 0 aromatic heterocycles. The molecule has 1 aromatic carbocycles. The summed E-state index contributed by atoms with van der Waals surface area (Å²) < 4.78 is 15.9. The monoisotopic (exact) mass is 336 g/mol. The molecule has 1 fully saturated rings. The van der Waals surface area contributed by atoms with Gasteiger partial charge in [-0.05, 0) is 38.1 Å². The zero-order valence-corrected chi connectivity index (χ0v) is 14.9. The number of rotatable bonds is 7. The highest BCUT2D eigenvalue weighted by atomic mass is 16.5. The van der Waals surface area contributed by atoms with Crippen molar-refractivity contribution in [3.05, 3.63) is 17.7 Å². The Morgan fingerprint density at radius 2 is 1.58 bits per heavy atom. The van der Waals surface area contributed by atoms with Crippen LogP contribution in [-0.2, 0) is 0 Å². The van der Waals surface area contributed by atoms with Crippen molar-refractivity contribution in [2.24, 2.45) is 0 Å². The molecule has 134 valence electrons. The van der Waals surface area contributed by atoms with Crippen molar-refractivity contribution in [3.63, 3.8) is 0 Å². The van der Waals surface area contributed by atoms with Crippen LogP contribution in [0.1, 0.15) is 36.0 Å². The van der Waals surface area contributed by atoms with Gasteiger partial charge in [0, 0.05) is 18.7 Å². The highest BCUT2D eigenvalue weighted by molar-refractivity contribution is 5.95. The van der Waals surface area contributed by atoms with Crippen molar-refractivity contribution in [3.8, 4) is 17.2 Å². The van der Waals surface area contributed by atoms with Crippen molar-refractivity contribution >= 4 is 5.91 Å². The number of benzene rings is 1. The second-order valence-corrected chi connectivity index (χ2v) is 5.93. The molecule has 1 heterocycles. The Morgan fingerprint density at radius 1 is 1.00 bits per heavy atom. The Kier molecular flexibility index (Phi) is 7.18. The van der Waals surface area contributed by atoms with Gasteiger partial charge in [-0.25, -0.2) is 0 Å². The Morgan fingerprint density at radius 3 is 2.08 bits per heavy atom. The minimum Gasteiger partial charge on any atom is -0.493 e. The van der Waals surface area contributed by atoms with Gasteiger partial charge in [0.1, 0.15) is 0 Å². The van der Waals surface area contributed by atoms with Crippen molar-refractivity contribution in [2.75, 3.05) is 47.5 Å². The van der Waals surface area contributed by atoms with Gasteiger partial charge >= 0.3 is 0 Å². The predicted octanol–water partition coefficient (Wildman–Crippen LogP) is 2.32. The van der Waals surface area contributed by atoms with Crippen LogP contribution in [0.25, 0.3) is 0 Å². The van der Waals surface area contributed by atoms with E-state index in [9.17, 15) is 4.79 Å². The normalized spacial score (nSPS) is 15.5. The molecule has 0 atom stereocenters. The van der Waals surface area contributed by atoms with Gasteiger partial charge in [-0.1, -0.05) is 12.8 Å². The molecule has 24 heavy (non-hydrogen) atoms. The third-order valence-electron chi connectivity index (χ3n) is 4.34. The van der Waals surface area contributed by atoms with Crippen molar-refractivity contribution in [1.82, 2.24) is 10.2 Å². The molecular formula is C18H28N2O4. The summed E-state index contributed by atoms with van der Waals surface area (Å²) in [5.41, 5.74) is 0.500. The first-order chi connectivity index (χ1) is 11.7. The second-order valence-electron chi connectivity index (χ2n) is 5.93. The van der Waals surface area contributed by atoms with Crippen LogP contribution in [0.15, 0.2) is 12.1 Å². The molecule has 0 saturated carbocycles. The molecule has 1 aromatic rings. The van der Waals surface area contributed by atoms with E-state index in [1.54, 1.807) is 19.2 Å². The summed E-state index contributed by atoms with van der Waals surface area (Å²) in [6.45, 7) is 3.77. The lowest BCUT2D eigenvalue weighted by atomic mass is 10.1. The lowest BCUT2D eigenvalue weighted by molar-refractivity contribution is 0.0947. The van der Waals surface area contributed by atoms with Gasteiger partial charge in [0.2, 0.25) is 5.75 Å². The van der Waals surface area contributed by atoms with Crippen molar-refractivity contribution < 1.29 is 19.0 Å². The molecule has 1 aliphatic rings. The number of nitrogens with one attached hydrogen (secondary N) is 1. The maximum atomic E-state index is 12.4. The number of carbonyl (C=O) groups is 1. The molecule has 0 spiro atoms. The van der Waals surface area contributed by atoms with Crippen LogP contribution in [0.3, 0.4) is 0 Å². The van der Waals surface area contributed by atoms with E-state index in [0.717, 1.165) is 19.6 Å². The lowest BCUT2D eigenvalue weighted by Gasteiger charge is -2.20. The zero-order chi connectivity index (χ0) is 17.4. The third kappa shape index (κ3) is 4.77. The molecule has 0 bridgehead atoms. The molecule has 0 radical (unpaired) electrons. The van der Waals surface area contributed by atoms with E-state index in [1.165, 1.54) is 39.9 Å². The fraction of sp³-hybridized carbons (Fsp3) is 0.611. The minimum atomic E-state index is -0.135. The van der Waals surface area contributed by atoms with Gasteiger partial charge in [-0.3, -0.25) is 4.79 Å². The van der Waals surface area contributed by atoms with Crippen LogP contribution in [-0.4, -0.2) is 58.3 Å². The van der Waals surface area contributed by atoms with Crippen LogP contribution < -0.4 is 19.5 Å². The largest absolute Gasteiger partial charge is 0.493 e. The quantitative estimate of drug-likeness (QED) is 0.828. The van der Waals surface area contributed by atoms with Crippen LogP contribution in [0.5, 0.6) is 17.2 Å². The number of carbonyl (C=O) groups excluding carboxylic acids is 1. The molecular weight excluding hydrogens is 308 g/mol. The number of likely N-dealkylation sites (tertiary alicyclic amines) is 1. The second kappa shape index (κ2) is 9.37. The summed E-state index contributed by atoms with van der Waals surface area (Å²) >= 11 is 0. The van der Waals surface area contributed by atoms with E-state index >= 15 is 0 Å². The molecule has 1 saturated heterocycles. The average molecular weight is 336 g/mol. The molecule has 6 nitrogen and oxygen atoms in total. The molecule has 0 aliphatic carbocycles. The Hall–Kier alpha value is -1.95. The number of nitrogens with zero attached hydrogens (tertiary/aromatic N) is 1. The molecule has 1 amide bonds. The molecule has 6 heteroatoms. The van der Waals surface area contributed by atoms with E-state index < -0.39 is 0 Å². The first-order valence-electron chi connectivity index (χ1n) is 8.50. The SMILES string of the molecule is COc1cc(C(=O)NCCN2CCCCCC2)cc(OC)c1OC. The summed E-state index contributed by atoms with van der Waals surface area (Å²) in [7, 11) is 4.62. The van der Waals surface area contributed by atoms with Crippen LogP contribution in [0, 0.1) is 0 Å². The minimum absolute atomic E-state index is 0.135. The maximum absolute atomic E-state index is 12.4. The van der Waals surface area contributed by atoms with Crippen molar-refractivity contribution in [1.29, 1.82) is 0 Å². The van der Waals surface area contributed by atoms with Crippen molar-refractivity contribution in [2.45, 2.75) is 25.7 Å². The molecule has 1 N–H and O–H groups in total. The summed E-state index contributed by atoms with van der Waals surface area (Å²) in [5, 5.41) is 2.97. The Balaban J connectivity index is 1.96. The van der Waals surface area contributed by atoms with Gasteiger partial charge in [0.25, 0.3) is 5.91 Å². The van der Waals surface area contributed by atoms with Crippen LogP contribution in [0.4, 0.5) is 0 Å². The Labute approximate surface area is 144 Å². The highest BCUT2D eigenvalue weighted by Gasteiger charge is 2.17. The van der Waals surface area contributed by atoms with Gasteiger partial charge < -0.3 is 24.4 Å². The average Bonchev–Trinajstić information content (AvgIpc) is 2.89. The summed E-state index contributed by atoms with van der Waals surface area (Å²) in [6.07, 6.45) is 5.13. The first-order valence-corrected chi connectivity index (χ1v) is 8.50. The Bertz CT molecular complexity index is 515. The third-order valence-corrected chi connectivity index (χ3v) is 4.34.